The lowest BCUT2D eigenvalue weighted by molar-refractivity contribution is -0.135. The molecule has 0 saturated carbocycles. The molecule has 0 atom stereocenters. The Balaban J connectivity index is 2.11. The molecular weight excluding hydrogens is 260 g/mol. The van der Waals surface area contributed by atoms with E-state index in [0.717, 1.165) is 16.9 Å². The number of aliphatic carboxylic acids is 1. The van der Waals surface area contributed by atoms with Gasteiger partial charge in [0.25, 0.3) is 0 Å². The Morgan fingerprint density at radius 3 is 2.80 bits per heavy atom. The van der Waals surface area contributed by atoms with E-state index in [1.807, 2.05) is 13.8 Å². The number of benzene rings is 1. The summed E-state index contributed by atoms with van der Waals surface area (Å²) in [5.74, 6) is 0.0795. The normalized spacial score (nSPS) is 10.8. The molecule has 7 heteroatoms. The first-order valence-corrected chi connectivity index (χ1v) is 6.22. The molecule has 2 rings (SSSR count). The van der Waals surface area contributed by atoms with Crippen LogP contribution in [0.4, 0.5) is 10.5 Å². The number of nitrogens with zero attached hydrogens (tertiary/aromatic N) is 1. The molecule has 0 aliphatic carbocycles. The summed E-state index contributed by atoms with van der Waals surface area (Å²) >= 11 is 0. The predicted molar refractivity (Wildman–Crippen MR) is 74.8 cm³/mol. The van der Waals surface area contributed by atoms with Crippen LogP contribution in [-0.2, 0) is 4.79 Å². The Morgan fingerprint density at radius 2 is 2.15 bits per heavy atom. The van der Waals surface area contributed by atoms with Crippen LogP contribution in [0.2, 0.25) is 0 Å². The highest BCUT2D eigenvalue weighted by Crippen LogP contribution is 2.20. The molecule has 7 nitrogen and oxygen atoms in total. The van der Waals surface area contributed by atoms with E-state index >= 15 is 0 Å². The van der Waals surface area contributed by atoms with Crippen molar-refractivity contribution < 1.29 is 14.7 Å². The van der Waals surface area contributed by atoms with Crippen LogP contribution < -0.4 is 10.6 Å². The molecule has 0 unspecified atom stereocenters. The maximum Gasteiger partial charge on any atom is 0.323 e. The van der Waals surface area contributed by atoms with E-state index in [-0.39, 0.29) is 5.92 Å². The van der Waals surface area contributed by atoms with Crippen LogP contribution >= 0.6 is 0 Å². The van der Waals surface area contributed by atoms with Gasteiger partial charge in [0.2, 0.25) is 0 Å². The first-order chi connectivity index (χ1) is 9.45. The predicted octanol–water partition coefficient (Wildman–Crippen LogP) is 1.89. The number of anilines is 1. The highest BCUT2D eigenvalue weighted by atomic mass is 16.4. The number of carboxylic acid groups (broad SMARTS) is 1. The number of nitrogens with one attached hydrogen (secondary N) is 3. The Hall–Kier alpha value is -2.57. The third kappa shape index (κ3) is 3.25. The van der Waals surface area contributed by atoms with Gasteiger partial charge in [-0.15, -0.1) is 0 Å². The average molecular weight is 276 g/mol. The molecule has 1 heterocycles. The van der Waals surface area contributed by atoms with Crippen LogP contribution in [-0.4, -0.2) is 33.6 Å². The average Bonchev–Trinajstić information content (AvgIpc) is 2.79. The Labute approximate surface area is 115 Å². The van der Waals surface area contributed by atoms with Crippen molar-refractivity contribution in [1.82, 2.24) is 15.3 Å². The third-order valence-corrected chi connectivity index (χ3v) is 2.71. The zero-order valence-electron chi connectivity index (χ0n) is 11.2. The molecule has 0 aliphatic rings. The standard InChI is InChI=1S/C13H16N4O3/c1-7(2)12-16-9-4-3-8(5-10(9)17-12)15-13(20)14-6-11(18)19/h3-5,7H,6H2,1-2H3,(H,16,17)(H,18,19)(H2,14,15,20). The maximum absolute atomic E-state index is 11.5. The van der Waals surface area contributed by atoms with E-state index in [0.29, 0.717) is 5.69 Å². The number of imidazole rings is 1. The minimum absolute atomic E-state index is 0.290. The van der Waals surface area contributed by atoms with E-state index in [1.165, 1.54) is 0 Å². The smallest absolute Gasteiger partial charge is 0.323 e. The van der Waals surface area contributed by atoms with Crippen molar-refractivity contribution in [3.05, 3.63) is 24.0 Å². The fourth-order valence-corrected chi connectivity index (χ4v) is 1.71. The molecule has 0 aliphatic heterocycles. The molecule has 0 spiro atoms. The molecular formula is C13H16N4O3. The fraction of sp³-hybridized carbons (Fsp3) is 0.308. The van der Waals surface area contributed by atoms with Gasteiger partial charge in [-0.1, -0.05) is 13.8 Å². The highest BCUT2D eigenvalue weighted by Gasteiger charge is 2.08. The van der Waals surface area contributed by atoms with Gasteiger partial charge in [0.05, 0.1) is 11.0 Å². The molecule has 1 aromatic carbocycles. The van der Waals surface area contributed by atoms with E-state index < -0.39 is 18.5 Å². The van der Waals surface area contributed by atoms with Crippen molar-refractivity contribution in [2.75, 3.05) is 11.9 Å². The summed E-state index contributed by atoms with van der Waals surface area (Å²) in [6, 6.07) is 4.71. The van der Waals surface area contributed by atoms with Crippen LogP contribution in [0.25, 0.3) is 11.0 Å². The summed E-state index contributed by atoms with van der Waals surface area (Å²) in [5.41, 5.74) is 2.22. The molecule has 0 radical (unpaired) electrons. The summed E-state index contributed by atoms with van der Waals surface area (Å²) in [7, 11) is 0. The second-order valence-corrected chi connectivity index (χ2v) is 4.71. The van der Waals surface area contributed by atoms with Gasteiger partial charge in [-0.3, -0.25) is 4.79 Å². The number of carbonyl (C=O) groups excluding carboxylic acids is 1. The lowest BCUT2D eigenvalue weighted by Gasteiger charge is -2.05. The second kappa shape index (κ2) is 5.60. The number of hydrogen-bond acceptors (Lipinski definition) is 3. The second-order valence-electron chi connectivity index (χ2n) is 4.71. The number of rotatable bonds is 4. The van der Waals surface area contributed by atoms with Crippen molar-refractivity contribution in [3.63, 3.8) is 0 Å². The van der Waals surface area contributed by atoms with Gasteiger partial charge >= 0.3 is 12.0 Å². The van der Waals surface area contributed by atoms with E-state index in [4.69, 9.17) is 5.11 Å². The minimum Gasteiger partial charge on any atom is -0.480 e. The van der Waals surface area contributed by atoms with Crippen LogP contribution in [0.1, 0.15) is 25.6 Å². The molecule has 0 bridgehead atoms. The van der Waals surface area contributed by atoms with Gasteiger partial charge in [-0.05, 0) is 18.2 Å². The number of hydrogen-bond donors (Lipinski definition) is 4. The molecule has 2 aromatic rings. The number of aromatic amines is 1. The van der Waals surface area contributed by atoms with Gasteiger partial charge in [0, 0.05) is 11.6 Å². The molecule has 2 amide bonds. The number of carbonyl (C=O) groups is 2. The number of carboxylic acids is 1. The fourth-order valence-electron chi connectivity index (χ4n) is 1.71. The van der Waals surface area contributed by atoms with Crippen LogP contribution in [0.3, 0.4) is 0 Å². The zero-order chi connectivity index (χ0) is 14.7. The summed E-state index contributed by atoms with van der Waals surface area (Å²) in [4.78, 5) is 29.4. The van der Waals surface area contributed by atoms with Crippen molar-refractivity contribution in [2.45, 2.75) is 19.8 Å². The number of fused-ring (bicyclic) bond motifs is 1. The van der Waals surface area contributed by atoms with Crippen LogP contribution in [0.5, 0.6) is 0 Å². The topological polar surface area (TPSA) is 107 Å². The Kier molecular flexibility index (Phi) is 3.88. The molecule has 4 N–H and O–H groups in total. The first-order valence-electron chi connectivity index (χ1n) is 6.22. The maximum atomic E-state index is 11.5. The Morgan fingerprint density at radius 1 is 1.40 bits per heavy atom. The molecule has 0 saturated heterocycles. The number of aromatic nitrogens is 2. The molecule has 0 fully saturated rings. The van der Waals surface area contributed by atoms with Gasteiger partial charge in [0.1, 0.15) is 12.4 Å². The zero-order valence-corrected chi connectivity index (χ0v) is 11.2. The van der Waals surface area contributed by atoms with E-state index in [1.54, 1.807) is 18.2 Å². The minimum atomic E-state index is -1.09. The van der Waals surface area contributed by atoms with Crippen molar-refractivity contribution in [2.24, 2.45) is 0 Å². The quantitative estimate of drug-likeness (QED) is 0.684. The number of amides is 2. The summed E-state index contributed by atoms with van der Waals surface area (Å²) in [6.07, 6.45) is 0. The van der Waals surface area contributed by atoms with Gasteiger partial charge in [0.15, 0.2) is 0 Å². The first kappa shape index (κ1) is 13.9. The summed E-state index contributed by atoms with van der Waals surface area (Å²) in [5, 5.41) is 13.3. The molecule has 1 aromatic heterocycles. The molecule has 106 valence electrons. The Bertz CT molecular complexity index is 648. The lowest BCUT2D eigenvalue weighted by atomic mass is 10.2. The largest absolute Gasteiger partial charge is 0.480 e. The van der Waals surface area contributed by atoms with E-state index in [2.05, 4.69) is 20.6 Å². The third-order valence-electron chi connectivity index (χ3n) is 2.71. The SMILES string of the molecule is CC(C)c1nc2ccc(NC(=O)NCC(=O)O)cc2[nH]1. The van der Waals surface area contributed by atoms with Crippen molar-refractivity contribution in [1.29, 1.82) is 0 Å². The lowest BCUT2D eigenvalue weighted by Crippen LogP contribution is -2.33. The number of urea groups is 1. The summed E-state index contributed by atoms with van der Waals surface area (Å²) in [6.45, 7) is 3.65. The van der Waals surface area contributed by atoms with Gasteiger partial charge in [-0.25, -0.2) is 9.78 Å². The van der Waals surface area contributed by atoms with Crippen LogP contribution in [0, 0.1) is 0 Å². The molecule has 20 heavy (non-hydrogen) atoms. The number of H-pyrrole nitrogens is 1. The summed E-state index contributed by atoms with van der Waals surface area (Å²) < 4.78 is 0. The highest BCUT2D eigenvalue weighted by molar-refractivity contribution is 5.93. The van der Waals surface area contributed by atoms with Crippen molar-refractivity contribution >= 4 is 28.7 Å². The van der Waals surface area contributed by atoms with Gasteiger partial charge < -0.3 is 20.7 Å². The van der Waals surface area contributed by atoms with Crippen molar-refractivity contribution in [3.8, 4) is 0 Å². The van der Waals surface area contributed by atoms with Crippen LogP contribution in [0.15, 0.2) is 18.2 Å². The monoisotopic (exact) mass is 276 g/mol. The van der Waals surface area contributed by atoms with E-state index in [9.17, 15) is 9.59 Å². The van der Waals surface area contributed by atoms with Gasteiger partial charge in [-0.2, -0.15) is 0 Å².